The molecule has 4 N–H and O–H groups in total. The Morgan fingerprint density at radius 1 is 1.42 bits per heavy atom. The summed E-state index contributed by atoms with van der Waals surface area (Å²) in [6, 6.07) is 1.91. The van der Waals surface area contributed by atoms with Crippen molar-refractivity contribution < 1.29 is 5.11 Å². The third-order valence-electron chi connectivity index (χ3n) is 2.52. The molecule has 0 aliphatic rings. The fourth-order valence-corrected chi connectivity index (χ4v) is 1.62. The van der Waals surface area contributed by atoms with Gasteiger partial charge < -0.3 is 16.2 Å². The van der Waals surface area contributed by atoms with Crippen LogP contribution in [-0.4, -0.2) is 42.5 Å². The molecule has 0 saturated carbocycles. The van der Waals surface area contributed by atoms with Crippen LogP contribution < -0.4 is 11.1 Å². The Kier molecular flexibility index (Phi) is 4.24. The van der Waals surface area contributed by atoms with Crippen molar-refractivity contribution in [3.63, 3.8) is 0 Å². The first-order valence-corrected chi connectivity index (χ1v) is 6.08. The van der Waals surface area contributed by atoms with Crippen LogP contribution in [0.25, 0.3) is 5.95 Å². The van der Waals surface area contributed by atoms with Crippen molar-refractivity contribution in [3.8, 4) is 5.95 Å². The first-order valence-electron chi connectivity index (χ1n) is 6.08. The third-order valence-corrected chi connectivity index (χ3v) is 2.52. The number of nitrogens with zero attached hydrogens (tertiary/aromatic N) is 5. The topological polar surface area (TPSA) is 115 Å². The first kappa shape index (κ1) is 13.2. The quantitative estimate of drug-likeness (QED) is 0.682. The zero-order valence-corrected chi connectivity index (χ0v) is 10.7. The minimum atomic E-state index is 0.136. The minimum absolute atomic E-state index is 0.136. The predicted molar refractivity (Wildman–Crippen MR) is 70.8 cm³/mol. The summed E-state index contributed by atoms with van der Waals surface area (Å²) in [5.74, 6) is 0.912. The van der Waals surface area contributed by atoms with Gasteiger partial charge in [-0.05, 0) is 25.8 Å². The van der Waals surface area contributed by atoms with Crippen molar-refractivity contribution in [1.29, 1.82) is 0 Å². The van der Waals surface area contributed by atoms with E-state index < -0.39 is 0 Å². The second-order valence-electron chi connectivity index (χ2n) is 4.18. The summed E-state index contributed by atoms with van der Waals surface area (Å²) >= 11 is 0. The van der Waals surface area contributed by atoms with Gasteiger partial charge in [0.15, 0.2) is 0 Å². The molecule has 0 aromatic carbocycles. The van der Waals surface area contributed by atoms with E-state index in [1.54, 1.807) is 18.5 Å². The monoisotopic (exact) mass is 263 g/mol. The maximum absolute atomic E-state index is 8.79. The van der Waals surface area contributed by atoms with E-state index in [0.29, 0.717) is 11.9 Å². The average Bonchev–Trinajstić information content (AvgIpc) is 2.89. The van der Waals surface area contributed by atoms with E-state index in [0.717, 1.165) is 12.8 Å². The van der Waals surface area contributed by atoms with Gasteiger partial charge in [0.2, 0.25) is 11.9 Å². The van der Waals surface area contributed by atoms with Crippen LogP contribution in [0.3, 0.4) is 0 Å². The van der Waals surface area contributed by atoms with Gasteiger partial charge in [-0.1, -0.05) is 0 Å². The first-order chi connectivity index (χ1) is 9.19. The molecule has 0 aliphatic heterocycles. The van der Waals surface area contributed by atoms with Crippen molar-refractivity contribution in [1.82, 2.24) is 24.7 Å². The van der Waals surface area contributed by atoms with E-state index in [4.69, 9.17) is 10.8 Å². The maximum Gasteiger partial charge on any atom is 0.257 e. The number of aliphatic hydroxyl groups excluding tert-OH is 1. The van der Waals surface area contributed by atoms with Crippen molar-refractivity contribution in [2.75, 3.05) is 17.7 Å². The molecule has 8 nitrogen and oxygen atoms in total. The molecule has 0 spiro atoms. The zero-order valence-electron chi connectivity index (χ0n) is 10.7. The summed E-state index contributed by atoms with van der Waals surface area (Å²) < 4.78 is 1.52. The van der Waals surface area contributed by atoms with Gasteiger partial charge in [-0.25, -0.2) is 4.68 Å². The Hall–Kier alpha value is -2.22. The van der Waals surface area contributed by atoms with Crippen LogP contribution in [0.15, 0.2) is 18.5 Å². The third kappa shape index (κ3) is 3.62. The molecular formula is C11H17N7O. The van der Waals surface area contributed by atoms with Gasteiger partial charge in [0.05, 0.1) is 0 Å². The van der Waals surface area contributed by atoms with Crippen LogP contribution in [-0.2, 0) is 0 Å². The minimum Gasteiger partial charge on any atom is -0.396 e. The molecule has 2 aromatic heterocycles. The van der Waals surface area contributed by atoms with Gasteiger partial charge in [0, 0.05) is 25.0 Å². The number of nitrogen functional groups attached to an aromatic ring is 1. The lowest BCUT2D eigenvalue weighted by Gasteiger charge is -2.13. The smallest absolute Gasteiger partial charge is 0.257 e. The van der Waals surface area contributed by atoms with Crippen molar-refractivity contribution >= 4 is 11.9 Å². The number of anilines is 2. The van der Waals surface area contributed by atoms with E-state index in [9.17, 15) is 0 Å². The highest BCUT2D eigenvalue weighted by atomic mass is 16.2. The lowest BCUT2D eigenvalue weighted by Crippen LogP contribution is -2.19. The second-order valence-corrected chi connectivity index (χ2v) is 4.18. The van der Waals surface area contributed by atoms with Gasteiger partial charge in [-0.3, -0.25) is 0 Å². The molecule has 2 aromatic rings. The number of nitrogens with two attached hydrogens (primary N) is 1. The largest absolute Gasteiger partial charge is 0.396 e. The molecule has 0 aliphatic carbocycles. The van der Waals surface area contributed by atoms with Gasteiger partial charge in [0.25, 0.3) is 5.95 Å². The predicted octanol–water partition coefficient (Wildman–Crippen LogP) is 0.212. The highest BCUT2D eigenvalue weighted by molar-refractivity contribution is 5.35. The molecule has 0 radical (unpaired) electrons. The number of hydrogen-bond donors (Lipinski definition) is 3. The molecule has 0 saturated heterocycles. The molecule has 1 unspecified atom stereocenters. The van der Waals surface area contributed by atoms with Crippen LogP contribution in [0, 0.1) is 0 Å². The van der Waals surface area contributed by atoms with Crippen molar-refractivity contribution in [2.24, 2.45) is 0 Å². The van der Waals surface area contributed by atoms with E-state index in [-0.39, 0.29) is 18.6 Å². The lowest BCUT2D eigenvalue weighted by molar-refractivity contribution is 0.282. The van der Waals surface area contributed by atoms with Crippen LogP contribution in [0.2, 0.25) is 0 Å². The second kappa shape index (κ2) is 6.10. The van der Waals surface area contributed by atoms with Gasteiger partial charge >= 0.3 is 0 Å². The van der Waals surface area contributed by atoms with E-state index in [2.05, 4.69) is 25.4 Å². The standard InChI is InChI=1S/C11H17N7O/c1-8(4-2-7-19)14-10-15-9(12)16-11(17-10)18-6-3-5-13-18/h3,5-6,8,19H,2,4,7H2,1H3,(H3,12,14,15,16,17). The molecule has 2 heterocycles. The molecule has 0 bridgehead atoms. The summed E-state index contributed by atoms with van der Waals surface area (Å²) in [6.07, 6.45) is 4.91. The van der Waals surface area contributed by atoms with Crippen LogP contribution >= 0.6 is 0 Å². The zero-order chi connectivity index (χ0) is 13.7. The number of hydrogen-bond acceptors (Lipinski definition) is 7. The van der Waals surface area contributed by atoms with Crippen LogP contribution in [0.1, 0.15) is 19.8 Å². The van der Waals surface area contributed by atoms with Gasteiger partial charge in [0.1, 0.15) is 0 Å². The Labute approximate surface area is 110 Å². The van der Waals surface area contributed by atoms with Crippen molar-refractivity contribution in [2.45, 2.75) is 25.8 Å². The number of nitrogens with one attached hydrogen (secondary N) is 1. The van der Waals surface area contributed by atoms with Crippen LogP contribution in [0.5, 0.6) is 0 Å². The molecule has 102 valence electrons. The maximum atomic E-state index is 8.79. The Bertz CT molecular complexity index is 514. The number of rotatable bonds is 6. The van der Waals surface area contributed by atoms with Gasteiger partial charge in [-0.2, -0.15) is 20.1 Å². The highest BCUT2D eigenvalue weighted by Gasteiger charge is 2.09. The molecule has 1 atom stereocenters. The van der Waals surface area contributed by atoms with Crippen LogP contribution in [0.4, 0.5) is 11.9 Å². The molecule has 0 fully saturated rings. The molecular weight excluding hydrogens is 246 g/mol. The fraction of sp³-hybridized carbons (Fsp3) is 0.455. The highest BCUT2D eigenvalue weighted by Crippen LogP contribution is 2.09. The Morgan fingerprint density at radius 3 is 2.95 bits per heavy atom. The van der Waals surface area contributed by atoms with Crippen molar-refractivity contribution in [3.05, 3.63) is 18.5 Å². The average molecular weight is 263 g/mol. The summed E-state index contributed by atoms with van der Waals surface area (Å²) in [5.41, 5.74) is 5.66. The normalized spacial score (nSPS) is 12.3. The molecule has 8 heteroatoms. The van der Waals surface area contributed by atoms with E-state index in [1.807, 2.05) is 6.92 Å². The molecule has 0 amide bonds. The summed E-state index contributed by atoms with van der Waals surface area (Å²) in [6.45, 7) is 2.16. The van der Waals surface area contributed by atoms with E-state index in [1.165, 1.54) is 4.68 Å². The number of aromatic nitrogens is 5. The summed E-state index contributed by atoms with van der Waals surface area (Å²) in [4.78, 5) is 12.3. The summed E-state index contributed by atoms with van der Waals surface area (Å²) in [7, 11) is 0. The lowest BCUT2D eigenvalue weighted by atomic mass is 10.2. The SMILES string of the molecule is CC(CCCO)Nc1nc(N)nc(-n2cccn2)n1. The Morgan fingerprint density at radius 2 is 2.26 bits per heavy atom. The summed E-state index contributed by atoms with van der Waals surface area (Å²) in [5, 5.41) is 16.0. The molecule has 19 heavy (non-hydrogen) atoms. The van der Waals surface area contributed by atoms with Gasteiger partial charge in [-0.15, -0.1) is 0 Å². The Balaban J connectivity index is 2.13. The molecule has 2 rings (SSSR count). The van der Waals surface area contributed by atoms with E-state index >= 15 is 0 Å². The fourth-order valence-electron chi connectivity index (χ4n) is 1.62. The number of aliphatic hydroxyl groups is 1.